The first-order valence-electron chi connectivity index (χ1n) is 8.80. The highest BCUT2D eigenvalue weighted by molar-refractivity contribution is 7.98. The highest BCUT2D eigenvalue weighted by atomic mass is 32.2. The number of amides is 1. The third-order valence-corrected chi connectivity index (χ3v) is 6.64. The number of sulfonamides is 1. The van der Waals surface area contributed by atoms with E-state index in [1.165, 1.54) is 6.42 Å². The first kappa shape index (κ1) is 20.3. The van der Waals surface area contributed by atoms with Crippen LogP contribution in [0.25, 0.3) is 0 Å². The number of hydrogen-bond donors (Lipinski definition) is 2. The molecule has 0 spiro atoms. The molecule has 1 aliphatic carbocycles. The summed E-state index contributed by atoms with van der Waals surface area (Å²) in [6, 6.07) is 6.09. The topological polar surface area (TPSA) is 75.3 Å². The molecule has 1 amide bonds. The van der Waals surface area contributed by atoms with E-state index in [9.17, 15) is 13.2 Å². The molecule has 2 rings (SSSR count). The van der Waals surface area contributed by atoms with Crippen molar-refractivity contribution >= 4 is 27.7 Å². The zero-order valence-electron chi connectivity index (χ0n) is 15.0. The lowest BCUT2D eigenvalue weighted by Gasteiger charge is -2.26. The van der Waals surface area contributed by atoms with Gasteiger partial charge in [0.15, 0.2) is 0 Å². The Morgan fingerprint density at radius 2 is 1.84 bits per heavy atom. The van der Waals surface area contributed by atoms with Crippen molar-refractivity contribution in [2.75, 3.05) is 12.0 Å². The molecule has 0 aromatic heterocycles. The highest BCUT2D eigenvalue weighted by Gasteiger charge is 2.27. The SMILES string of the molecule is CSCC[C@@H](NS(=O)(=O)c1ccc(C)cc1)C(=O)NC1CCCCC1. The van der Waals surface area contributed by atoms with E-state index < -0.39 is 16.1 Å². The van der Waals surface area contributed by atoms with Gasteiger partial charge in [-0.3, -0.25) is 4.79 Å². The predicted molar refractivity (Wildman–Crippen MR) is 103 cm³/mol. The number of thioether (sulfide) groups is 1. The lowest BCUT2D eigenvalue weighted by Crippen LogP contribution is -2.50. The molecule has 1 saturated carbocycles. The van der Waals surface area contributed by atoms with Crippen LogP contribution in [0.15, 0.2) is 29.2 Å². The van der Waals surface area contributed by atoms with E-state index in [-0.39, 0.29) is 16.8 Å². The van der Waals surface area contributed by atoms with Crippen LogP contribution in [-0.4, -0.2) is 38.4 Å². The lowest BCUT2D eigenvalue weighted by atomic mass is 9.95. The molecular weight excluding hydrogens is 356 g/mol. The van der Waals surface area contributed by atoms with Gasteiger partial charge in [0, 0.05) is 6.04 Å². The van der Waals surface area contributed by atoms with Crippen LogP contribution in [0.5, 0.6) is 0 Å². The monoisotopic (exact) mass is 384 g/mol. The van der Waals surface area contributed by atoms with Gasteiger partial charge in [-0.1, -0.05) is 37.0 Å². The summed E-state index contributed by atoms with van der Waals surface area (Å²) >= 11 is 1.60. The number of hydrogen-bond acceptors (Lipinski definition) is 4. The van der Waals surface area contributed by atoms with E-state index in [4.69, 9.17) is 0 Å². The third-order valence-electron chi connectivity index (χ3n) is 4.51. The summed E-state index contributed by atoms with van der Waals surface area (Å²) < 4.78 is 27.8. The summed E-state index contributed by atoms with van der Waals surface area (Å²) in [5, 5.41) is 3.04. The van der Waals surface area contributed by atoms with Crippen LogP contribution in [0.4, 0.5) is 0 Å². The first-order chi connectivity index (χ1) is 11.9. The minimum atomic E-state index is -3.71. The zero-order valence-corrected chi connectivity index (χ0v) is 16.6. The molecule has 7 heteroatoms. The largest absolute Gasteiger partial charge is 0.352 e. The lowest BCUT2D eigenvalue weighted by molar-refractivity contribution is -0.123. The van der Waals surface area contributed by atoms with Gasteiger partial charge in [-0.15, -0.1) is 0 Å². The standard InChI is InChI=1S/C18H28N2O3S2/c1-14-8-10-16(11-9-14)25(22,23)20-17(12-13-24-2)18(21)19-15-6-4-3-5-7-15/h8-11,15,17,20H,3-7,12-13H2,1-2H3,(H,19,21)/t17-/m1/s1. The molecule has 1 atom stereocenters. The van der Waals surface area contributed by atoms with Crippen LogP contribution in [0.2, 0.25) is 0 Å². The number of benzene rings is 1. The Kier molecular flexibility index (Phi) is 7.78. The average molecular weight is 385 g/mol. The van der Waals surface area contributed by atoms with Gasteiger partial charge in [0.25, 0.3) is 0 Å². The van der Waals surface area contributed by atoms with Crippen LogP contribution in [-0.2, 0) is 14.8 Å². The molecule has 1 aliphatic rings. The van der Waals surface area contributed by atoms with E-state index in [1.54, 1.807) is 36.0 Å². The predicted octanol–water partition coefficient (Wildman–Crippen LogP) is 2.84. The summed E-state index contributed by atoms with van der Waals surface area (Å²) in [5.74, 6) is 0.510. The Bertz CT molecular complexity index is 653. The Hall–Kier alpha value is -1.05. The first-order valence-corrected chi connectivity index (χ1v) is 11.7. The molecule has 140 valence electrons. The molecule has 0 radical (unpaired) electrons. The molecule has 0 aliphatic heterocycles. The second-order valence-corrected chi connectivity index (χ2v) is 9.31. The minimum Gasteiger partial charge on any atom is -0.352 e. The maximum absolute atomic E-state index is 12.6. The molecule has 0 bridgehead atoms. The van der Waals surface area contributed by atoms with Crippen LogP contribution in [0.3, 0.4) is 0 Å². The van der Waals surface area contributed by atoms with E-state index in [0.29, 0.717) is 6.42 Å². The fourth-order valence-electron chi connectivity index (χ4n) is 3.00. The summed E-state index contributed by atoms with van der Waals surface area (Å²) in [6.45, 7) is 1.91. The minimum absolute atomic E-state index is 0.168. The molecule has 1 aromatic carbocycles. The van der Waals surface area contributed by atoms with Crippen molar-refractivity contribution in [3.8, 4) is 0 Å². The summed E-state index contributed by atoms with van der Waals surface area (Å²) in [5.41, 5.74) is 0.993. The Morgan fingerprint density at radius 1 is 1.20 bits per heavy atom. The van der Waals surface area contributed by atoms with Crippen molar-refractivity contribution < 1.29 is 13.2 Å². The van der Waals surface area contributed by atoms with Crippen LogP contribution < -0.4 is 10.0 Å². The smallest absolute Gasteiger partial charge is 0.241 e. The molecular formula is C18H28N2O3S2. The molecule has 25 heavy (non-hydrogen) atoms. The molecule has 0 saturated heterocycles. The zero-order chi connectivity index (χ0) is 18.3. The van der Waals surface area contributed by atoms with E-state index in [2.05, 4.69) is 10.0 Å². The van der Waals surface area contributed by atoms with Crippen molar-refractivity contribution in [2.24, 2.45) is 0 Å². The van der Waals surface area contributed by atoms with Gasteiger partial charge in [-0.25, -0.2) is 8.42 Å². The molecule has 0 unspecified atom stereocenters. The van der Waals surface area contributed by atoms with Crippen molar-refractivity contribution in [1.82, 2.24) is 10.0 Å². The maximum atomic E-state index is 12.6. The normalized spacial score (nSPS) is 17.2. The second-order valence-electron chi connectivity index (χ2n) is 6.61. The molecule has 5 nitrogen and oxygen atoms in total. The summed E-state index contributed by atoms with van der Waals surface area (Å²) in [4.78, 5) is 12.8. The van der Waals surface area contributed by atoms with Crippen LogP contribution >= 0.6 is 11.8 Å². The fourth-order valence-corrected chi connectivity index (χ4v) is 4.70. The van der Waals surface area contributed by atoms with Gasteiger partial charge < -0.3 is 5.32 Å². The van der Waals surface area contributed by atoms with Crippen molar-refractivity contribution in [3.63, 3.8) is 0 Å². The number of nitrogens with one attached hydrogen (secondary N) is 2. The Labute approximate surface area is 155 Å². The van der Waals surface area contributed by atoms with Gasteiger partial charge in [0.1, 0.15) is 6.04 Å². The van der Waals surface area contributed by atoms with Crippen molar-refractivity contribution in [3.05, 3.63) is 29.8 Å². The van der Waals surface area contributed by atoms with Gasteiger partial charge in [-0.05, 0) is 50.3 Å². The van der Waals surface area contributed by atoms with Gasteiger partial charge >= 0.3 is 0 Å². The van der Waals surface area contributed by atoms with Gasteiger partial charge in [0.2, 0.25) is 15.9 Å². The Balaban J connectivity index is 2.07. The Morgan fingerprint density at radius 3 is 2.44 bits per heavy atom. The maximum Gasteiger partial charge on any atom is 0.241 e. The summed E-state index contributed by atoms with van der Waals surface area (Å²) in [7, 11) is -3.71. The molecule has 2 N–H and O–H groups in total. The van der Waals surface area contributed by atoms with E-state index in [1.807, 2.05) is 13.2 Å². The molecule has 0 heterocycles. The number of aryl methyl sites for hydroxylation is 1. The van der Waals surface area contributed by atoms with Crippen molar-refractivity contribution in [1.29, 1.82) is 0 Å². The van der Waals surface area contributed by atoms with E-state index in [0.717, 1.165) is 37.0 Å². The number of rotatable bonds is 8. The van der Waals surface area contributed by atoms with Gasteiger partial charge in [-0.2, -0.15) is 16.5 Å². The average Bonchev–Trinajstić information content (AvgIpc) is 2.59. The number of carbonyl (C=O) groups is 1. The third kappa shape index (κ3) is 6.31. The second kappa shape index (κ2) is 9.59. The summed E-state index contributed by atoms with van der Waals surface area (Å²) in [6.07, 6.45) is 7.83. The quantitative estimate of drug-likeness (QED) is 0.723. The fraction of sp³-hybridized carbons (Fsp3) is 0.611. The van der Waals surface area contributed by atoms with E-state index >= 15 is 0 Å². The molecule has 1 fully saturated rings. The van der Waals surface area contributed by atoms with Crippen molar-refractivity contribution in [2.45, 2.75) is 62.4 Å². The van der Waals surface area contributed by atoms with Crippen LogP contribution in [0, 0.1) is 6.92 Å². The van der Waals surface area contributed by atoms with Crippen LogP contribution in [0.1, 0.15) is 44.1 Å². The van der Waals surface area contributed by atoms with Gasteiger partial charge in [0.05, 0.1) is 4.90 Å². The molecule has 1 aromatic rings. The number of carbonyl (C=O) groups excluding carboxylic acids is 1. The highest BCUT2D eigenvalue weighted by Crippen LogP contribution is 2.18.